The van der Waals surface area contributed by atoms with Gasteiger partial charge < -0.3 is 0 Å². The number of nitro groups is 1. The Morgan fingerprint density at radius 3 is 2.27 bits per heavy atom. The number of hydrogen-bond donors (Lipinski definition) is 0. The van der Waals surface area contributed by atoms with Gasteiger partial charge in [-0.1, -0.05) is 66.7 Å². The van der Waals surface area contributed by atoms with Crippen molar-refractivity contribution in [1.82, 2.24) is 0 Å². The summed E-state index contributed by atoms with van der Waals surface area (Å²) in [6, 6.07) is 22.5. The number of nitrogens with zero attached hydrogens (tertiary/aromatic N) is 1. The molecule has 0 unspecified atom stereocenters. The van der Waals surface area contributed by atoms with E-state index >= 15 is 0 Å². The largest absolute Gasteiger partial charge is 0.281 e. The van der Waals surface area contributed by atoms with Crippen LogP contribution in [0.1, 0.15) is 11.1 Å². The van der Waals surface area contributed by atoms with Crippen molar-refractivity contribution in [2.45, 2.75) is 6.42 Å². The molecule has 0 amide bonds. The highest BCUT2D eigenvalue weighted by Crippen LogP contribution is 2.48. The monoisotopic (exact) mass is 335 g/mol. The van der Waals surface area contributed by atoms with Gasteiger partial charge in [0.15, 0.2) is 0 Å². The zero-order valence-corrected chi connectivity index (χ0v) is 13.8. The van der Waals surface area contributed by atoms with Crippen molar-refractivity contribution in [3.63, 3.8) is 0 Å². The third-order valence-corrected chi connectivity index (χ3v) is 5.73. The Labute approximate surface area is 148 Å². The summed E-state index contributed by atoms with van der Waals surface area (Å²) >= 11 is 0. The van der Waals surface area contributed by atoms with E-state index in [2.05, 4.69) is 30.3 Å². The molecule has 0 radical (unpaired) electrons. The first-order valence-corrected chi connectivity index (χ1v) is 8.69. The average Bonchev–Trinajstić information content (AvgIpc) is 3.05. The Morgan fingerprint density at radius 1 is 0.692 bits per heavy atom. The van der Waals surface area contributed by atoms with Crippen LogP contribution in [0.2, 0.25) is 0 Å². The van der Waals surface area contributed by atoms with Crippen LogP contribution < -0.4 is 0 Å². The number of nitro benzene ring substituents is 1. The minimum absolute atomic E-state index is 0.186. The van der Waals surface area contributed by atoms with E-state index < -0.39 is 0 Å². The molecule has 0 N–H and O–H groups in total. The molecule has 0 spiro atoms. The Kier molecular flexibility index (Phi) is 2.43. The number of rotatable bonds is 1. The van der Waals surface area contributed by atoms with E-state index in [1.807, 2.05) is 36.4 Å². The average molecular weight is 335 g/mol. The molecule has 6 rings (SSSR count). The Bertz CT molecular complexity index is 1430. The molecule has 5 aromatic rings. The Balaban J connectivity index is 1.99. The summed E-state index contributed by atoms with van der Waals surface area (Å²) in [6.45, 7) is 0. The van der Waals surface area contributed by atoms with Gasteiger partial charge in [-0.25, -0.2) is 0 Å². The smallest absolute Gasteiger partial charge is 0.258 e. The maximum absolute atomic E-state index is 12.2. The summed E-state index contributed by atoms with van der Waals surface area (Å²) in [5, 5.41) is 20.4. The third-order valence-electron chi connectivity index (χ3n) is 5.73. The quantitative estimate of drug-likeness (QED) is 0.207. The fourth-order valence-electron chi connectivity index (χ4n) is 4.72. The van der Waals surface area contributed by atoms with Crippen molar-refractivity contribution in [3.8, 4) is 0 Å². The fourth-order valence-corrected chi connectivity index (χ4v) is 4.72. The first-order valence-electron chi connectivity index (χ1n) is 8.69. The van der Waals surface area contributed by atoms with Crippen LogP contribution in [-0.2, 0) is 6.42 Å². The second-order valence-electron chi connectivity index (χ2n) is 6.97. The molecule has 122 valence electrons. The molecule has 0 atom stereocenters. The minimum atomic E-state index is -0.186. The highest BCUT2D eigenvalue weighted by Gasteiger charge is 2.29. The van der Waals surface area contributed by atoms with Crippen molar-refractivity contribution < 1.29 is 4.92 Å². The highest BCUT2D eigenvalue weighted by molar-refractivity contribution is 6.28. The first-order chi connectivity index (χ1) is 12.7. The van der Waals surface area contributed by atoms with E-state index in [9.17, 15) is 10.1 Å². The molecule has 1 aliphatic carbocycles. The molecule has 0 saturated heterocycles. The van der Waals surface area contributed by atoms with E-state index in [1.54, 1.807) is 0 Å². The molecule has 0 fully saturated rings. The van der Waals surface area contributed by atoms with Gasteiger partial charge in [-0.2, -0.15) is 0 Å². The lowest BCUT2D eigenvalue weighted by Gasteiger charge is -2.11. The predicted octanol–water partition coefficient (Wildman–Crippen LogP) is 6.11. The summed E-state index contributed by atoms with van der Waals surface area (Å²) in [5.74, 6) is 0. The molecule has 1 aliphatic rings. The van der Waals surface area contributed by atoms with Gasteiger partial charge in [0.2, 0.25) is 0 Å². The SMILES string of the molecule is O=[N+]([O-])c1c2c3c(ccc4cccc(c43)C2)c2ccc3ccccc3c12. The predicted molar refractivity (Wildman–Crippen MR) is 106 cm³/mol. The zero-order chi connectivity index (χ0) is 17.4. The lowest BCUT2D eigenvalue weighted by atomic mass is 9.92. The summed E-state index contributed by atoms with van der Waals surface area (Å²) in [5.41, 5.74) is 2.32. The van der Waals surface area contributed by atoms with Crippen LogP contribution in [0, 0.1) is 10.1 Å². The van der Waals surface area contributed by atoms with E-state index in [4.69, 9.17) is 0 Å². The summed E-state index contributed by atoms with van der Waals surface area (Å²) in [7, 11) is 0. The van der Waals surface area contributed by atoms with Crippen LogP contribution in [0.5, 0.6) is 0 Å². The van der Waals surface area contributed by atoms with Gasteiger partial charge in [-0.05, 0) is 37.9 Å². The van der Waals surface area contributed by atoms with Crippen LogP contribution in [0.3, 0.4) is 0 Å². The third kappa shape index (κ3) is 1.53. The van der Waals surface area contributed by atoms with E-state index in [-0.39, 0.29) is 10.6 Å². The molecule has 0 bridgehead atoms. The van der Waals surface area contributed by atoms with Gasteiger partial charge in [0.1, 0.15) is 0 Å². The lowest BCUT2D eigenvalue weighted by Crippen LogP contribution is -1.97. The van der Waals surface area contributed by atoms with E-state index in [0.29, 0.717) is 6.42 Å². The second-order valence-corrected chi connectivity index (χ2v) is 6.97. The molecule has 5 aromatic carbocycles. The molecule has 3 nitrogen and oxygen atoms in total. The van der Waals surface area contributed by atoms with Gasteiger partial charge in [0.05, 0.1) is 10.3 Å². The van der Waals surface area contributed by atoms with Crippen molar-refractivity contribution in [2.75, 3.05) is 0 Å². The number of fused-ring (bicyclic) bond motifs is 4. The van der Waals surface area contributed by atoms with Crippen LogP contribution in [-0.4, -0.2) is 4.92 Å². The highest BCUT2D eigenvalue weighted by atomic mass is 16.6. The number of benzene rings is 5. The maximum atomic E-state index is 12.2. The normalized spacial score (nSPS) is 12.8. The molecule has 26 heavy (non-hydrogen) atoms. The Morgan fingerprint density at radius 2 is 1.42 bits per heavy atom. The molecule has 0 aromatic heterocycles. The molecule has 0 heterocycles. The van der Waals surface area contributed by atoms with Crippen molar-refractivity contribution in [3.05, 3.63) is 88.0 Å². The van der Waals surface area contributed by atoms with Crippen LogP contribution in [0.15, 0.2) is 66.7 Å². The minimum Gasteiger partial charge on any atom is -0.258 e. The van der Waals surface area contributed by atoms with Crippen molar-refractivity contribution in [2.24, 2.45) is 0 Å². The molecular formula is C23H13NO2. The van der Waals surface area contributed by atoms with Gasteiger partial charge >= 0.3 is 0 Å². The summed E-state index contributed by atoms with van der Waals surface area (Å²) in [4.78, 5) is 12.0. The van der Waals surface area contributed by atoms with Crippen LogP contribution in [0.25, 0.3) is 43.1 Å². The molecule has 3 heteroatoms. The van der Waals surface area contributed by atoms with E-state index in [0.717, 1.165) is 43.3 Å². The van der Waals surface area contributed by atoms with Gasteiger partial charge in [0.25, 0.3) is 5.69 Å². The number of hydrogen-bond acceptors (Lipinski definition) is 2. The van der Waals surface area contributed by atoms with Gasteiger partial charge in [-0.15, -0.1) is 0 Å². The summed E-state index contributed by atoms with van der Waals surface area (Å²) in [6.07, 6.45) is 0.628. The molecular weight excluding hydrogens is 322 g/mol. The molecule has 0 aliphatic heterocycles. The summed E-state index contributed by atoms with van der Waals surface area (Å²) < 4.78 is 0. The Hall–Kier alpha value is -3.46. The van der Waals surface area contributed by atoms with Crippen LogP contribution in [0.4, 0.5) is 5.69 Å². The second kappa shape index (κ2) is 4.58. The van der Waals surface area contributed by atoms with Gasteiger partial charge in [0, 0.05) is 17.4 Å². The molecule has 0 saturated carbocycles. The maximum Gasteiger partial charge on any atom is 0.281 e. The zero-order valence-electron chi connectivity index (χ0n) is 13.8. The standard InChI is InChI=1S/C23H13NO2/c25-24(26)23-19-12-15-6-3-5-14-9-11-17(21(19)20(14)15)18-10-8-13-4-1-2-7-16(13)22(18)23/h1-11H,12H2. The van der Waals surface area contributed by atoms with Crippen molar-refractivity contribution in [1.29, 1.82) is 0 Å². The fraction of sp³-hybridized carbons (Fsp3) is 0.0435. The lowest BCUT2D eigenvalue weighted by molar-refractivity contribution is -0.383. The van der Waals surface area contributed by atoms with Gasteiger partial charge in [-0.3, -0.25) is 10.1 Å². The van der Waals surface area contributed by atoms with Crippen LogP contribution >= 0.6 is 0 Å². The van der Waals surface area contributed by atoms with E-state index in [1.165, 1.54) is 10.9 Å². The van der Waals surface area contributed by atoms with Crippen molar-refractivity contribution >= 4 is 48.8 Å². The first kappa shape index (κ1) is 13.8. The topological polar surface area (TPSA) is 43.1 Å².